The third-order valence-electron chi connectivity index (χ3n) is 5.08. The minimum absolute atomic E-state index is 0.185. The number of carbonyl (C=O) groups excluding carboxylic acids is 4. The molecule has 3 atom stereocenters. The maximum atomic E-state index is 13.2. The quantitative estimate of drug-likeness (QED) is 0.648. The van der Waals surface area contributed by atoms with E-state index >= 15 is 0 Å². The molecule has 2 rings (SSSR count). The highest BCUT2D eigenvalue weighted by Crippen LogP contribution is 2.28. The van der Waals surface area contributed by atoms with Crippen molar-refractivity contribution in [3.8, 4) is 5.75 Å². The number of ether oxygens (including phenoxy) is 2. The zero-order valence-corrected chi connectivity index (χ0v) is 17.0. The van der Waals surface area contributed by atoms with Crippen LogP contribution in [0, 0.1) is 5.41 Å². The summed E-state index contributed by atoms with van der Waals surface area (Å²) in [5.74, 6) is -1.63. The molecule has 0 aromatic carbocycles. The van der Waals surface area contributed by atoms with Crippen LogP contribution in [0.25, 0.3) is 0 Å². The summed E-state index contributed by atoms with van der Waals surface area (Å²) in [6, 6.07) is -0.681. The maximum Gasteiger partial charge on any atom is 0.413 e. The monoisotopic (exact) mass is 409 g/mol. The number of amides is 3. The molecule has 1 saturated heterocycles. The summed E-state index contributed by atoms with van der Waals surface area (Å²) < 4.78 is 15.1. The Morgan fingerprint density at radius 1 is 1.41 bits per heavy atom. The number of hydrogen-bond acceptors (Lipinski definition) is 7. The van der Waals surface area contributed by atoms with Gasteiger partial charge in [0.05, 0.1) is 6.26 Å². The predicted molar refractivity (Wildman–Crippen MR) is 101 cm³/mol. The third-order valence-corrected chi connectivity index (χ3v) is 5.08. The van der Waals surface area contributed by atoms with Crippen LogP contribution in [0.15, 0.2) is 23.0 Å². The zero-order chi connectivity index (χ0) is 21.8. The van der Waals surface area contributed by atoms with E-state index in [4.69, 9.17) is 19.6 Å². The first-order valence-electron chi connectivity index (χ1n) is 9.26. The van der Waals surface area contributed by atoms with Gasteiger partial charge in [-0.2, -0.15) is 0 Å². The van der Waals surface area contributed by atoms with Crippen LogP contribution < -0.4 is 15.8 Å². The molecular weight excluding hydrogens is 382 g/mol. The summed E-state index contributed by atoms with van der Waals surface area (Å²) in [5.41, 5.74) is 5.00. The summed E-state index contributed by atoms with van der Waals surface area (Å²) in [5, 5.41) is 2.55. The Morgan fingerprint density at radius 3 is 2.66 bits per heavy atom. The number of ketones is 1. The molecule has 160 valence electrons. The predicted octanol–water partition coefficient (Wildman–Crippen LogP) is 0.843. The lowest BCUT2D eigenvalue weighted by Gasteiger charge is -2.33. The summed E-state index contributed by atoms with van der Waals surface area (Å²) in [6.07, 6.45) is 1.55. The van der Waals surface area contributed by atoms with E-state index in [1.165, 1.54) is 25.6 Å². The van der Waals surface area contributed by atoms with Crippen LogP contribution in [-0.2, 0) is 19.1 Å². The Morgan fingerprint density at radius 2 is 2.10 bits per heavy atom. The summed E-state index contributed by atoms with van der Waals surface area (Å²) >= 11 is 0. The van der Waals surface area contributed by atoms with Crippen molar-refractivity contribution in [3.63, 3.8) is 0 Å². The van der Waals surface area contributed by atoms with E-state index < -0.39 is 41.9 Å². The first kappa shape index (κ1) is 22.4. The molecule has 29 heavy (non-hydrogen) atoms. The number of hydrogen-bond donors (Lipinski definition) is 2. The van der Waals surface area contributed by atoms with E-state index in [0.717, 1.165) is 11.3 Å². The Kier molecular flexibility index (Phi) is 7.02. The normalized spacial score (nSPS) is 20.2. The van der Waals surface area contributed by atoms with E-state index in [2.05, 4.69) is 5.32 Å². The first-order chi connectivity index (χ1) is 13.6. The van der Waals surface area contributed by atoms with E-state index in [1.54, 1.807) is 0 Å². The molecule has 2 heterocycles. The molecule has 1 aromatic heterocycles. The average molecular weight is 409 g/mol. The van der Waals surface area contributed by atoms with Gasteiger partial charge in [0.15, 0.2) is 17.6 Å². The number of nitrogens with one attached hydrogen (secondary N) is 1. The molecule has 0 bridgehead atoms. The van der Waals surface area contributed by atoms with Gasteiger partial charge < -0.3 is 29.8 Å². The highest BCUT2D eigenvalue weighted by molar-refractivity contribution is 5.99. The number of likely N-dealkylation sites (N-methyl/N-ethyl adjacent to an activating group) is 1. The minimum atomic E-state index is -1.23. The lowest BCUT2D eigenvalue weighted by Crippen LogP contribution is -2.57. The van der Waals surface area contributed by atoms with Crippen molar-refractivity contribution in [2.45, 2.75) is 51.8 Å². The smallest absolute Gasteiger partial charge is 0.413 e. The molecule has 1 aromatic rings. The Labute approximate surface area is 168 Å². The van der Waals surface area contributed by atoms with Crippen molar-refractivity contribution in [3.05, 3.63) is 18.6 Å². The van der Waals surface area contributed by atoms with Crippen LogP contribution >= 0.6 is 0 Å². The molecular formula is C19H27N3O7. The van der Waals surface area contributed by atoms with Gasteiger partial charge in [0.25, 0.3) is 0 Å². The molecule has 2 unspecified atom stereocenters. The van der Waals surface area contributed by atoms with Gasteiger partial charge in [0.2, 0.25) is 11.8 Å². The zero-order valence-electron chi connectivity index (χ0n) is 17.0. The van der Waals surface area contributed by atoms with Crippen molar-refractivity contribution >= 4 is 23.7 Å². The molecule has 10 heteroatoms. The molecule has 0 aliphatic carbocycles. The van der Waals surface area contributed by atoms with Crippen LogP contribution in [0.3, 0.4) is 0 Å². The van der Waals surface area contributed by atoms with Crippen LogP contribution in [0.1, 0.15) is 33.6 Å². The molecule has 1 fully saturated rings. The SMILES string of the molecule is CCC(C)(C)C[C@H](NC(=O)Oc1ccoc1)C(=O)N(C)C1C(=O)COC1C(N)=O. The number of nitrogens with two attached hydrogens (primary N) is 1. The molecule has 1 aliphatic rings. The fourth-order valence-electron chi connectivity index (χ4n) is 3.04. The van der Waals surface area contributed by atoms with Gasteiger partial charge in [-0.3, -0.25) is 14.4 Å². The number of carbonyl (C=O) groups is 4. The van der Waals surface area contributed by atoms with E-state index in [9.17, 15) is 19.2 Å². The highest BCUT2D eigenvalue weighted by atomic mass is 16.6. The average Bonchev–Trinajstić information content (AvgIpc) is 3.29. The second-order valence-electron chi connectivity index (χ2n) is 7.76. The fourth-order valence-corrected chi connectivity index (χ4v) is 3.04. The molecule has 3 N–H and O–H groups in total. The van der Waals surface area contributed by atoms with Gasteiger partial charge in [-0.1, -0.05) is 27.2 Å². The third kappa shape index (κ3) is 5.57. The van der Waals surface area contributed by atoms with Crippen LogP contribution in [0.4, 0.5) is 4.79 Å². The Bertz CT molecular complexity index is 760. The van der Waals surface area contributed by atoms with Gasteiger partial charge in [-0.15, -0.1) is 0 Å². The van der Waals surface area contributed by atoms with Crippen molar-refractivity contribution in [2.75, 3.05) is 13.7 Å². The Balaban J connectivity index is 2.19. The van der Waals surface area contributed by atoms with Crippen LogP contribution in [0.2, 0.25) is 0 Å². The van der Waals surface area contributed by atoms with Crippen LogP contribution in [-0.4, -0.2) is 60.4 Å². The largest absolute Gasteiger partial charge is 0.469 e. The molecule has 0 spiro atoms. The van der Waals surface area contributed by atoms with Gasteiger partial charge in [-0.05, 0) is 11.8 Å². The van der Waals surface area contributed by atoms with Crippen molar-refractivity contribution in [2.24, 2.45) is 11.1 Å². The minimum Gasteiger partial charge on any atom is -0.469 e. The van der Waals surface area contributed by atoms with E-state index in [-0.39, 0.29) is 24.2 Å². The van der Waals surface area contributed by atoms with Gasteiger partial charge >= 0.3 is 6.09 Å². The first-order valence-corrected chi connectivity index (χ1v) is 9.26. The van der Waals surface area contributed by atoms with Gasteiger partial charge in [0, 0.05) is 13.1 Å². The maximum absolute atomic E-state index is 13.2. The lowest BCUT2D eigenvalue weighted by molar-refractivity contribution is -0.141. The highest BCUT2D eigenvalue weighted by Gasteiger charge is 2.45. The topological polar surface area (TPSA) is 141 Å². The fraction of sp³-hybridized carbons (Fsp3) is 0.579. The number of Topliss-reactive ketones (excluding diaryl/α,β-unsaturated/α-hetero) is 1. The van der Waals surface area contributed by atoms with E-state index in [0.29, 0.717) is 0 Å². The van der Waals surface area contributed by atoms with Crippen molar-refractivity contribution in [1.82, 2.24) is 10.2 Å². The summed E-state index contributed by atoms with van der Waals surface area (Å²) in [7, 11) is 1.38. The molecule has 1 aliphatic heterocycles. The molecule has 0 radical (unpaired) electrons. The van der Waals surface area contributed by atoms with Gasteiger partial charge in [-0.25, -0.2) is 4.79 Å². The number of nitrogens with zero attached hydrogens (tertiary/aromatic N) is 1. The second kappa shape index (κ2) is 9.08. The van der Waals surface area contributed by atoms with Crippen molar-refractivity contribution < 1.29 is 33.1 Å². The molecule has 10 nitrogen and oxygen atoms in total. The van der Waals surface area contributed by atoms with E-state index in [1.807, 2.05) is 20.8 Å². The number of rotatable bonds is 8. The lowest BCUT2D eigenvalue weighted by atomic mass is 9.83. The molecule has 3 amide bonds. The Hall–Kier alpha value is -2.88. The molecule has 0 saturated carbocycles. The number of primary amides is 1. The second-order valence-corrected chi connectivity index (χ2v) is 7.76. The van der Waals surface area contributed by atoms with Gasteiger partial charge in [0.1, 0.15) is 25.0 Å². The summed E-state index contributed by atoms with van der Waals surface area (Å²) in [4.78, 5) is 50.3. The summed E-state index contributed by atoms with van der Waals surface area (Å²) in [6.45, 7) is 5.56. The standard InChI is InChI=1S/C19H27N3O7/c1-5-19(2,3)8-12(21-18(26)29-11-6-7-27-9-11)17(25)22(4)14-13(23)10-28-15(14)16(20)24/h6-7,9,12,14-15H,5,8,10H2,1-4H3,(H2,20,24)(H,21,26)/t12-,14?,15?/m0/s1. The van der Waals surface area contributed by atoms with Crippen molar-refractivity contribution in [1.29, 1.82) is 0 Å². The number of furan rings is 1. The van der Waals surface area contributed by atoms with Crippen LogP contribution in [0.5, 0.6) is 5.75 Å².